The number of carbonyl (C=O) groups is 1. The van der Waals surface area contributed by atoms with E-state index in [9.17, 15) is 15.3 Å². The van der Waals surface area contributed by atoms with Crippen molar-refractivity contribution in [2.75, 3.05) is 6.61 Å². The van der Waals surface area contributed by atoms with E-state index >= 15 is 0 Å². The smallest absolute Gasteiger partial charge is 0.348 e. The zero-order valence-corrected chi connectivity index (χ0v) is 16.2. The van der Waals surface area contributed by atoms with E-state index < -0.39 is 0 Å². The van der Waals surface area contributed by atoms with Crippen molar-refractivity contribution in [3.63, 3.8) is 0 Å². The Balaban J connectivity index is 2.04. The van der Waals surface area contributed by atoms with Crippen LogP contribution in [0.25, 0.3) is 11.1 Å². The van der Waals surface area contributed by atoms with Crippen LogP contribution in [0.15, 0.2) is 35.9 Å². The van der Waals surface area contributed by atoms with Gasteiger partial charge in [-0.1, -0.05) is 37.3 Å². The Labute approximate surface area is 163 Å². The number of esters is 1. The van der Waals surface area contributed by atoms with Gasteiger partial charge in [0.05, 0.1) is 18.2 Å². The molecule has 1 aliphatic carbocycles. The van der Waals surface area contributed by atoms with E-state index in [1.165, 1.54) is 11.3 Å². The molecule has 1 atom stereocenters. The van der Waals surface area contributed by atoms with Crippen molar-refractivity contribution in [3.05, 3.63) is 56.8 Å². The van der Waals surface area contributed by atoms with Crippen LogP contribution in [0.3, 0.4) is 0 Å². The molecule has 0 amide bonds. The van der Waals surface area contributed by atoms with E-state index in [-0.39, 0.29) is 11.9 Å². The summed E-state index contributed by atoms with van der Waals surface area (Å²) >= 11 is 1.34. The highest BCUT2D eigenvalue weighted by molar-refractivity contribution is 7.14. The Morgan fingerprint density at radius 3 is 2.56 bits per heavy atom. The fourth-order valence-electron chi connectivity index (χ4n) is 3.52. The molecule has 1 unspecified atom stereocenters. The Morgan fingerprint density at radius 1 is 1.22 bits per heavy atom. The molecular formula is C22H20N2O2S. The molecule has 3 rings (SSSR count). The number of aryl methyl sites for hydroxylation is 1. The molecule has 4 nitrogen and oxygen atoms in total. The van der Waals surface area contributed by atoms with Gasteiger partial charge in [-0.05, 0) is 37.3 Å². The quantitative estimate of drug-likeness (QED) is 0.659. The van der Waals surface area contributed by atoms with Gasteiger partial charge in [0.1, 0.15) is 10.9 Å². The maximum absolute atomic E-state index is 12.4. The lowest BCUT2D eigenvalue weighted by Crippen LogP contribution is -2.04. The first-order valence-electron chi connectivity index (χ1n) is 9.07. The highest BCUT2D eigenvalue weighted by Crippen LogP contribution is 2.39. The molecule has 27 heavy (non-hydrogen) atoms. The molecule has 1 heterocycles. The van der Waals surface area contributed by atoms with Crippen molar-refractivity contribution in [1.82, 2.24) is 0 Å². The number of ether oxygens (including phenoxy) is 1. The number of benzene rings is 1. The first kappa shape index (κ1) is 18.9. The minimum absolute atomic E-state index is 0.137. The van der Waals surface area contributed by atoms with Crippen molar-refractivity contribution in [3.8, 4) is 23.3 Å². The monoisotopic (exact) mass is 376 g/mol. The van der Waals surface area contributed by atoms with Crippen LogP contribution in [-0.2, 0) is 11.2 Å². The third kappa shape index (κ3) is 3.52. The average Bonchev–Trinajstić information content (AvgIpc) is 3.32. The topological polar surface area (TPSA) is 73.9 Å². The fourth-order valence-corrected chi connectivity index (χ4v) is 4.62. The summed E-state index contributed by atoms with van der Waals surface area (Å²) in [5.41, 5.74) is 3.95. The number of nitriles is 2. The van der Waals surface area contributed by atoms with Gasteiger partial charge in [0.15, 0.2) is 0 Å². The van der Waals surface area contributed by atoms with Crippen molar-refractivity contribution in [2.45, 2.75) is 39.0 Å². The summed E-state index contributed by atoms with van der Waals surface area (Å²) in [6.45, 7) is 4.04. The highest BCUT2D eigenvalue weighted by Gasteiger charge is 2.25. The van der Waals surface area contributed by atoms with Crippen molar-refractivity contribution < 1.29 is 9.53 Å². The second-order valence-electron chi connectivity index (χ2n) is 6.31. The minimum Gasteiger partial charge on any atom is -0.462 e. The van der Waals surface area contributed by atoms with Crippen molar-refractivity contribution in [2.24, 2.45) is 0 Å². The van der Waals surface area contributed by atoms with Crippen LogP contribution in [-0.4, -0.2) is 12.6 Å². The summed E-state index contributed by atoms with van der Waals surface area (Å²) in [6.07, 6.45) is 4.55. The highest BCUT2D eigenvalue weighted by atomic mass is 32.1. The van der Waals surface area contributed by atoms with E-state index in [0.717, 1.165) is 34.4 Å². The lowest BCUT2D eigenvalue weighted by atomic mass is 9.91. The molecule has 1 aliphatic rings. The first-order chi connectivity index (χ1) is 13.1. The Bertz CT molecular complexity index is 971. The summed E-state index contributed by atoms with van der Waals surface area (Å²) in [7, 11) is 0. The van der Waals surface area contributed by atoms with Crippen molar-refractivity contribution in [1.29, 1.82) is 10.5 Å². The number of rotatable bonds is 5. The molecule has 0 saturated heterocycles. The minimum atomic E-state index is -0.386. The molecule has 0 aliphatic heterocycles. The predicted molar refractivity (Wildman–Crippen MR) is 105 cm³/mol. The van der Waals surface area contributed by atoms with Crippen LogP contribution in [0, 0.1) is 22.7 Å². The number of allylic oxidation sites excluding steroid dienone is 2. The SMILES string of the molecule is CCOC(=O)c1sc(CC)c(C#N)c1-c1ccc(C2CCC=C2C#N)cc1. The predicted octanol–water partition coefficient (Wildman–Crippen LogP) is 5.35. The van der Waals surface area contributed by atoms with Gasteiger partial charge in [-0.3, -0.25) is 0 Å². The fraction of sp³-hybridized carbons (Fsp3) is 0.318. The van der Waals surface area contributed by atoms with Crippen LogP contribution in [0.1, 0.15) is 58.3 Å². The zero-order valence-electron chi connectivity index (χ0n) is 15.4. The van der Waals surface area contributed by atoms with Gasteiger partial charge in [-0.2, -0.15) is 10.5 Å². The normalized spacial score (nSPS) is 15.7. The molecule has 0 spiro atoms. The summed E-state index contributed by atoms with van der Waals surface area (Å²) in [4.78, 5) is 13.8. The number of thiophene rings is 1. The lowest BCUT2D eigenvalue weighted by Gasteiger charge is -2.12. The second-order valence-corrected chi connectivity index (χ2v) is 7.42. The third-order valence-electron chi connectivity index (χ3n) is 4.80. The van der Waals surface area contributed by atoms with E-state index in [2.05, 4.69) is 12.1 Å². The van der Waals surface area contributed by atoms with Gasteiger partial charge in [-0.25, -0.2) is 4.79 Å². The molecule has 2 aromatic rings. The van der Waals surface area contributed by atoms with Gasteiger partial charge in [0.25, 0.3) is 0 Å². The van der Waals surface area contributed by atoms with Crippen LogP contribution in [0.4, 0.5) is 0 Å². The third-order valence-corrected chi connectivity index (χ3v) is 6.11. The van der Waals surface area contributed by atoms with Crippen LogP contribution in [0.2, 0.25) is 0 Å². The van der Waals surface area contributed by atoms with Gasteiger partial charge in [0, 0.05) is 21.9 Å². The summed E-state index contributed by atoms with van der Waals surface area (Å²) in [5.74, 6) is -0.249. The summed E-state index contributed by atoms with van der Waals surface area (Å²) in [6, 6.07) is 12.4. The number of hydrogen-bond donors (Lipinski definition) is 0. The van der Waals surface area contributed by atoms with E-state index in [1.807, 2.05) is 37.3 Å². The van der Waals surface area contributed by atoms with E-state index in [0.29, 0.717) is 29.0 Å². The lowest BCUT2D eigenvalue weighted by molar-refractivity contribution is 0.0533. The molecule has 0 radical (unpaired) electrons. The Hall–Kier alpha value is -2.89. The Kier molecular flexibility index (Phi) is 5.74. The van der Waals surface area contributed by atoms with Crippen LogP contribution < -0.4 is 0 Å². The maximum atomic E-state index is 12.4. The molecule has 1 aromatic carbocycles. The van der Waals surface area contributed by atoms with Gasteiger partial charge in [0.2, 0.25) is 0 Å². The van der Waals surface area contributed by atoms with Gasteiger partial charge < -0.3 is 4.74 Å². The van der Waals surface area contributed by atoms with E-state index in [1.54, 1.807) is 6.92 Å². The number of nitrogens with zero attached hydrogens (tertiary/aromatic N) is 2. The zero-order chi connectivity index (χ0) is 19.4. The van der Waals surface area contributed by atoms with Gasteiger partial charge >= 0.3 is 5.97 Å². The van der Waals surface area contributed by atoms with E-state index in [4.69, 9.17) is 4.74 Å². The summed E-state index contributed by atoms with van der Waals surface area (Å²) < 4.78 is 5.20. The van der Waals surface area contributed by atoms with Crippen LogP contribution >= 0.6 is 11.3 Å². The summed E-state index contributed by atoms with van der Waals surface area (Å²) in [5, 5.41) is 18.9. The molecule has 0 saturated carbocycles. The largest absolute Gasteiger partial charge is 0.462 e. The van der Waals surface area contributed by atoms with Crippen LogP contribution in [0.5, 0.6) is 0 Å². The average molecular weight is 376 g/mol. The molecule has 5 heteroatoms. The Morgan fingerprint density at radius 2 is 1.96 bits per heavy atom. The molecule has 0 N–H and O–H groups in total. The standard InChI is InChI=1S/C22H20N2O2S/c1-3-19-18(13-24)20(21(27-19)22(25)26-4-2)15-10-8-14(9-11-15)17-7-5-6-16(17)12-23/h6,8-11,17H,3-5,7H2,1-2H3. The molecule has 1 aromatic heterocycles. The molecule has 0 bridgehead atoms. The van der Waals surface area contributed by atoms with Gasteiger partial charge in [-0.15, -0.1) is 11.3 Å². The molecular weight excluding hydrogens is 356 g/mol. The maximum Gasteiger partial charge on any atom is 0.348 e. The molecule has 136 valence electrons. The molecule has 0 fully saturated rings. The number of carbonyl (C=O) groups excluding carboxylic acids is 1. The number of hydrogen-bond acceptors (Lipinski definition) is 5. The first-order valence-corrected chi connectivity index (χ1v) is 9.89. The second kappa shape index (κ2) is 8.20. The van der Waals surface area contributed by atoms with Crippen molar-refractivity contribution >= 4 is 17.3 Å².